The van der Waals surface area contributed by atoms with Crippen molar-refractivity contribution in [2.75, 3.05) is 6.61 Å². The Hall–Kier alpha value is -1.85. The van der Waals surface area contributed by atoms with Gasteiger partial charge in [0.15, 0.2) is 5.78 Å². The molecular weight excluding hydrogens is 214 g/mol. The Morgan fingerprint density at radius 2 is 2.19 bits per heavy atom. The van der Waals surface area contributed by atoms with Crippen molar-refractivity contribution in [2.45, 2.75) is 19.9 Å². The van der Waals surface area contributed by atoms with Crippen LogP contribution in [0.1, 0.15) is 13.8 Å². The predicted molar refractivity (Wildman–Crippen MR) is 53.6 cm³/mol. The molecule has 1 N–H and O–H groups in total. The largest absolute Gasteiger partial charge is 0.465 e. The third-order valence-electron chi connectivity index (χ3n) is 2.39. The lowest BCUT2D eigenvalue weighted by Gasteiger charge is -2.30. The molecule has 1 amide bonds. The van der Waals surface area contributed by atoms with Crippen molar-refractivity contribution < 1.29 is 24.2 Å². The van der Waals surface area contributed by atoms with Crippen molar-refractivity contribution in [1.82, 2.24) is 4.90 Å². The molecule has 1 aliphatic rings. The molecule has 0 spiro atoms. The summed E-state index contributed by atoms with van der Waals surface area (Å²) < 4.78 is 4.74. The molecule has 6 heteroatoms. The molecule has 0 saturated heterocycles. The van der Waals surface area contributed by atoms with Crippen molar-refractivity contribution in [2.24, 2.45) is 5.92 Å². The van der Waals surface area contributed by atoms with Gasteiger partial charge in [0.25, 0.3) is 0 Å². The molecule has 0 aliphatic carbocycles. The number of carboxylic acid groups (broad SMARTS) is 1. The molecule has 0 fully saturated rings. The monoisotopic (exact) mass is 227 g/mol. The van der Waals surface area contributed by atoms with E-state index in [1.54, 1.807) is 6.92 Å². The molecule has 0 aromatic carbocycles. The minimum atomic E-state index is -1.20. The average molecular weight is 227 g/mol. The quantitative estimate of drug-likeness (QED) is 0.552. The number of hydrogen-bond acceptors (Lipinski definition) is 4. The van der Waals surface area contributed by atoms with E-state index in [0.29, 0.717) is 0 Å². The number of amides is 1. The topological polar surface area (TPSA) is 83.9 Å². The second-order valence-electron chi connectivity index (χ2n) is 3.38. The van der Waals surface area contributed by atoms with Crippen LogP contribution in [-0.2, 0) is 14.3 Å². The maximum Gasteiger partial charge on any atom is 0.411 e. The highest BCUT2D eigenvalue weighted by Gasteiger charge is 2.39. The van der Waals surface area contributed by atoms with Gasteiger partial charge >= 0.3 is 12.1 Å². The third kappa shape index (κ3) is 2.21. The van der Waals surface area contributed by atoms with E-state index in [1.807, 2.05) is 0 Å². The predicted octanol–water partition coefficient (Wildman–Crippen LogP) is 0.631. The van der Waals surface area contributed by atoms with Crippen LogP contribution in [0.4, 0.5) is 4.79 Å². The summed E-state index contributed by atoms with van der Waals surface area (Å²) in [6.45, 7) is 3.28. The SMILES string of the molecule is CCOC(=O)C1C(=O)C=CN(C(=O)O)C1C. The fraction of sp³-hybridized carbons (Fsp3) is 0.500. The lowest BCUT2D eigenvalue weighted by Crippen LogP contribution is -2.48. The van der Waals surface area contributed by atoms with Gasteiger partial charge in [0.1, 0.15) is 5.92 Å². The molecule has 1 aliphatic heterocycles. The van der Waals surface area contributed by atoms with E-state index in [1.165, 1.54) is 6.92 Å². The lowest BCUT2D eigenvalue weighted by atomic mass is 9.92. The van der Waals surface area contributed by atoms with E-state index in [0.717, 1.165) is 17.2 Å². The van der Waals surface area contributed by atoms with Gasteiger partial charge < -0.3 is 9.84 Å². The maximum atomic E-state index is 11.5. The molecule has 1 rings (SSSR count). The van der Waals surface area contributed by atoms with E-state index >= 15 is 0 Å². The maximum absolute atomic E-state index is 11.5. The number of allylic oxidation sites excluding steroid dienone is 1. The Bertz CT molecular complexity index is 349. The molecule has 0 aromatic rings. The van der Waals surface area contributed by atoms with Gasteiger partial charge in [-0.15, -0.1) is 0 Å². The summed E-state index contributed by atoms with van der Waals surface area (Å²) in [5, 5.41) is 8.84. The van der Waals surface area contributed by atoms with E-state index in [2.05, 4.69) is 0 Å². The average Bonchev–Trinajstić information content (AvgIpc) is 2.17. The highest BCUT2D eigenvalue weighted by molar-refractivity contribution is 6.06. The summed E-state index contributed by atoms with van der Waals surface area (Å²) in [5.41, 5.74) is 0. The van der Waals surface area contributed by atoms with E-state index in [-0.39, 0.29) is 6.61 Å². The number of nitrogens with zero attached hydrogens (tertiary/aromatic N) is 1. The zero-order chi connectivity index (χ0) is 12.3. The van der Waals surface area contributed by atoms with Crippen LogP contribution in [0.3, 0.4) is 0 Å². The summed E-state index contributed by atoms with van der Waals surface area (Å²) in [7, 11) is 0. The first-order valence-corrected chi connectivity index (χ1v) is 4.89. The molecule has 16 heavy (non-hydrogen) atoms. The zero-order valence-corrected chi connectivity index (χ0v) is 9.04. The van der Waals surface area contributed by atoms with Gasteiger partial charge in [0, 0.05) is 6.20 Å². The number of rotatable bonds is 2. The fourth-order valence-electron chi connectivity index (χ4n) is 1.57. The standard InChI is InChI=1S/C10H13NO5/c1-3-16-9(13)8-6(2)11(10(14)15)5-4-7(8)12/h4-6,8H,3H2,1-2H3,(H,14,15). The first kappa shape index (κ1) is 12.2. The number of hydrogen-bond donors (Lipinski definition) is 1. The minimum Gasteiger partial charge on any atom is -0.465 e. The summed E-state index contributed by atoms with van der Waals surface area (Å²) >= 11 is 0. The van der Waals surface area contributed by atoms with Gasteiger partial charge in [-0.2, -0.15) is 0 Å². The van der Waals surface area contributed by atoms with Crippen molar-refractivity contribution in [3.63, 3.8) is 0 Å². The number of esters is 1. The smallest absolute Gasteiger partial charge is 0.411 e. The summed E-state index contributed by atoms with van der Waals surface area (Å²) in [6, 6.07) is -0.742. The highest BCUT2D eigenvalue weighted by atomic mass is 16.5. The van der Waals surface area contributed by atoms with E-state index in [4.69, 9.17) is 9.84 Å². The first-order valence-electron chi connectivity index (χ1n) is 4.89. The van der Waals surface area contributed by atoms with Crippen molar-refractivity contribution in [1.29, 1.82) is 0 Å². The zero-order valence-electron chi connectivity index (χ0n) is 9.04. The molecule has 0 aromatic heterocycles. The van der Waals surface area contributed by atoms with Gasteiger partial charge in [-0.05, 0) is 19.9 Å². The van der Waals surface area contributed by atoms with Crippen LogP contribution in [-0.4, -0.2) is 40.5 Å². The highest BCUT2D eigenvalue weighted by Crippen LogP contribution is 2.20. The molecule has 0 bridgehead atoms. The van der Waals surface area contributed by atoms with E-state index in [9.17, 15) is 14.4 Å². The molecule has 6 nitrogen and oxygen atoms in total. The van der Waals surface area contributed by atoms with Crippen molar-refractivity contribution >= 4 is 17.8 Å². The molecule has 2 unspecified atom stereocenters. The number of carbonyl (C=O) groups is 3. The third-order valence-corrected chi connectivity index (χ3v) is 2.39. The lowest BCUT2D eigenvalue weighted by molar-refractivity contribution is -0.152. The van der Waals surface area contributed by atoms with E-state index < -0.39 is 29.8 Å². The Kier molecular flexibility index (Phi) is 3.65. The van der Waals surface area contributed by atoms with Gasteiger partial charge in [0.2, 0.25) is 0 Å². The second kappa shape index (κ2) is 4.78. The first-order chi connectivity index (χ1) is 7.49. The second-order valence-corrected chi connectivity index (χ2v) is 3.38. The van der Waals surface area contributed by atoms with Crippen LogP contribution in [0.5, 0.6) is 0 Å². The van der Waals surface area contributed by atoms with Crippen LogP contribution in [0.2, 0.25) is 0 Å². The molecule has 0 radical (unpaired) electrons. The normalized spacial score (nSPS) is 24.4. The van der Waals surface area contributed by atoms with Crippen LogP contribution in [0.25, 0.3) is 0 Å². The van der Waals surface area contributed by atoms with Gasteiger partial charge in [0.05, 0.1) is 12.6 Å². The van der Waals surface area contributed by atoms with Crippen LogP contribution in [0, 0.1) is 5.92 Å². The van der Waals surface area contributed by atoms with Gasteiger partial charge in [-0.3, -0.25) is 14.5 Å². The fourth-order valence-corrected chi connectivity index (χ4v) is 1.57. The van der Waals surface area contributed by atoms with Gasteiger partial charge in [-0.1, -0.05) is 0 Å². The summed E-state index contributed by atoms with van der Waals surface area (Å²) in [6.07, 6.45) is 1.03. The van der Waals surface area contributed by atoms with Crippen molar-refractivity contribution in [3.8, 4) is 0 Å². The number of ketones is 1. The number of ether oxygens (including phenoxy) is 1. The molecule has 2 atom stereocenters. The molecule has 0 saturated carbocycles. The minimum absolute atomic E-state index is 0.159. The van der Waals surface area contributed by atoms with Gasteiger partial charge in [-0.25, -0.2) is 4.79 Å². The Morgan fingerprint density at radius 3 is 2.69 bits per heavy atom. The number of carbonyl (C=O) groups excluding carboxylic acids is 2. The Morgan fingerprint density at radius 1 is 1.56 bits per heavy atom. The Balaban J connectivity index is 2.92. The molecular formula is C10H13NO5. The Labute approximate surface area is 92.5 Å². The van der Waals surface area contributed by atoms with Crippen LogP contribution < -0.4 is 0 Å². The molecule has 1 heterocycles. The van der Waals surface area contributed by atoms with Crippen LogP contribution >= 0.6 is 0 Å². The summed E-state index contributed by atoms with van der Waals surface area (Å²) in [4.78, 5) is 34.7. The van der Waals surface area contributed by atoms with Crippen molar-refractivity contribution in [3.05, 3.63) is 12.3 Å². The summed E-state index contributed by atoms with van der Waals surface area (Å²) in [5.74, 6) is -2.18. The van der Waals surface area contributed by atoms with Crippen LogP contribution in [0.15, 0.2) is 12.3 Å². The molecule has 88 valence electrons.